The van der Waals surface area contributed by atoms with E-state index in [1.54, 1.807) is 11.8 Å². The molecule has 5 heteroatoms. The first kappa shape index (κ1) is 12.8. The Hall–Kier alpha value is -1.23. The summed E-state index contributed by atoms with van der Waals surface area (Å²) >= 11 is 1.66. The standard InChI is InChI=1S/C11H15FN2OS/c1-7(16-2)6-14-11(15)8-3-4-10(13)9(12)5-8/h3-5,7H,6,13H2,1-2H3,(H,14,15). The predicted octanol–water partition coefficient (Wildman–Crippen LogP) is 1.89. The summed E-state index contributed by atoms with van der Waals surface area (Å²) in [6.07, 6.45) is 1.97. The first-order chi connectivity index (χ1) is 7.54. The number of hydrogen-bond donors (Lipinski definition) is 2. The van der Waals surface area contributed by atoms with Gasteiger partial charge in [-0.25, -0.2) is 4.39 Å². The Labute approximate surface area is 98.6 Å². The SMILES string of the molecule is CSC(C)CNC(=O)c1ccc(N)c(F)c1. The van der Waals surface area contributed by atoms with Gasteiger partial charge in [-0.3, -0.25) is 4.79 Å². The molecular formula is C11H15FN2OS. The summed E-state index contributed by atoms with van der Waals surface area (Å²) in [6, 6.07) is 4.05. The molecule has 0 fully saturated rings. The number of nitrogens with one attached hydrogen (secondary N) is 1. The van der Waals surface area contributed by atoms with Crippen molar-refractivity contribution in [2.45, 2.75) is 12.2 Å². The maximum absolute atomic E-state index is 13.1. The molecule has 1 atom stereocenters. The van der Waals surface area contributed by atoms with Gasteiger partial charge in [0.05, 0.1) is 5.69 Å². The summed E-state index contributed by atoms with van der Waals surface area (Å²) in [5.41, 5.74) is 5.66. The van der Waals surface area contributed by atoms with Crippen LogP contribution in [-0.2, 0) is 0 Å². The second-order valence-corrected chi connectivity index (χ2v) is 4.77. The largest absolute Gasteiger partial charge is 0.396 e. The van der Waals surface area contributed by atoms with Gasteiger partial charge in [-0.15, -0.1) is 0 Å². The highest BCUT2D eigenvalue weighted by molar-refractivity contribution is 7.99. The fourth-order valence-electron chi connectivity index (χ4n) is 1.09. The van der Waals surface area contributed by atoms with Gasteiger partial charge in [0, 0.05) is 17.4 Å². The minimum absolute atomic E-state index is 0.0500. The highest BCUT2D eigenvalue weighted by Gasteiger charge is 2.09. The molecule has 0 aliphatic rings. The van der Waals surface area contributed by atoms with E-state index in [1.165, 1.54) is 12.1 Å². The Balaban J connectivity index is 2.63. The van der Waals surface area contributed by atoms with E-state index in [0.29, 0.717) is 17.4 Å². The number of anilines is 1. The molecule has 0 aliphatic heterocycles. The van der Waals surface area contributed by atoms with Crippen molar-refractivity contribution in [3.05, 3.63) is 29.6 Å². The first-order valence-electron chi connectivity index (χ1n) is 4.90. The molecule has 3 nitrogen and oxygen atoms in total. The molecule has 0 aromatic heterocycles. The lowest BCUT2D eigenvalue weighted by atomic mass is 10.2. The summed E-state index contributed by atoms with van der Waals surface area (Å²) in [7, 11) is 0. The van der Waals surface area contributed by atoms with Crippen LogP contribution >= 0.6 is 11.8 Å². The Bertz CT molecular complexity index is 384. The van der Waals surface area contributed by atoms with Gasteiger partial charge in [0.15, 0.2) is 0 Å². The van der Waals surface area contributed by atoms with E-state index in [4.69, 9.17) is 5.73 Å². The van der Waals surface area contributed by atoms with Crippen molar-refractivity contribution in [2.75, 3.05) is 18.5 Å². The molecule has 1 rings (SSSR count). The molecule has 1 amide bonds. The number of carbonyl (C=O) groups is 1. The van der Waals surface area contributed by atoms with Crippen LogP contribution < -0.4 is 11.1 Å². The lowest BCUT2D eigenvalue weighted by molar-refractivity contribution is 0.0953. The summed E-state index contributed by atoms with van der Waals surface area (Å²) in [5.74, 6) is -0.842. The van der Waals surface area contributed by atoms with E-state index in [2.05, 4.69) is 5.32 Å². The van der Waals surface area contributed by atoms with Crippen LogP contribution in [0.2, 0.25) is 0 Å². The highest BCUT2D eigenvalue weighted by Crippen LogP contribution is 2.12. The van der Waals surface area contributed by atoms with Crippen LogP contribution in [0.5, 0.6) is 0 Å². The molecule has 0 bridgehead atoms. The van der Waals surface area contributed by atoms with Gasteiger partial charge in [0.25, 0.3) is 5.91 Å². The van der Waals surface area contributed by atoms with Gasteiger partial charge < -0.3 is 11.1 Å². The minimum Gasteiger partial charge on any atom is -0.396 e. The number of halogens is 1. The Morgan fingerprint density at radius 3 is 2.88 bits per heavy atom. The molecule has 0 spiro atoms. The van der Waals surface area contributed by atoms with Gasteiger partial charge in [-0.2, -0.15) is 11.8 Å². The van der Waals surface area contributed by atoms with Gasteiger partial charge in [-0.05, 0) is 24.5 Å². The quantitative estimate of drug-likeness (QED) is 0.793. The maximum atomic E-state index is 13.1. The number of carbonyl (C=O) groups excluding carboxylic acids is 1. The number of amides is 1. The van der Waals surface area contributed by atoms with Crippen molar-refractivity contribution >= 4 is 23.4 Å². The zero-order valence-electron chi connectivity index (χ0n) is 9.29. The summed E-state index contributed by atoms with van der Waals surface area (Å²) in [5, 5.41) is 3.06. The third-order valence-electron chi connectivity index (χ3n) is 2.22. The molecule has 16 heavy (non-hydrogen) atoms. The average Bonchev–Trinajstić information content (AvgIpc) is 2.29. The number of nitrogen functional groups attached to an aromatic ring is 1. The first-order valence-corrected chi connectivity index (χ1v) is 6.19. The van der Waals surface area contributed by atoms with Crippen molar-refractivity contribution in [3.63, 3.8) is 0 Å². The van der Waals surface area contributed by atoms with Gasteiger partial charge in [0.1, 0.15) is 5.82 Å². The van der Waals surface area contributed by atoms with E-state index < -0.39 is 5.82 Å². The van der Waals surface area contributed by atoms with Crippen molar-refractivity contribution in [1.29, 1.82) is 0 Å². The molecule has 1 aromatic carbocycles. The van der Waals surface area contributed by atoms with Gasteiger partial charge in [-0.1, -0.05) is 6.92 Å². The second kappa shape index (κ2) is 5.75. The van der Waals surface area contributed by atoms with Crippen LogP contribution in [0.4, 0.5) is 10.1 Å². The Morgan fingerprint density at radius 1 is 1.62 bits per heavy atom. The van der Waals surface area contributed by atoms with E-state index in [-0.39, 0.29) is 11.6 Å². The van der Waals surface area contributed by atoms with Crippen molar-refractivity contribution in [1.82, 2.24) is 5.32 Å². The summed E-state index contributed by atoms with van der Waals surface area (Å²) in [4.78, 5) is 11.6. The molecule has 0 heterocycles. The topological polar surface area (TPSA) is 55.1 Å². The monoisotopic (exact) mass is 242 g/mol. The number of nitrogens with two attached hydrogens (primary N) is 1. The van der Waals surface area contributed by atoms with Gasteiger partial charge >= 0.3 is 0 Å². The molecular weight excluding hydrogens is 227 g/mol. The van der Waals surface area contributed by atoms with Crippen LogP contribution in [0, 0.1) is 5.82 Å². The van der Waals surface area contributed by atoms with E-state index in [9.17, 15) is 9.18 Å². The summed E-state index contributed by atoms with van der Waals surface area (Å²) in [6.45, 7) is 2.57. The Kier molecular flexibility index (Phi) is 4.61. The minimum atomic E-state index is -0.564. The zero-order chi connectivity index (χ0) is 12.1. The fourth-order valence-corrected chi connectivity index (χ4v) is 1.34. The number of hydrogen-bond acceptors (Lipinski definition) is 3. The third-order valence-corrected chi connectivity index (χ3v) is 3.19. The smallest absolute Gasteiger partial charge is 0.251 e. The predicted molar refractivity (Wildman–Crippen MR) is 66.1 cm³/mol. The zero-order valence-corrected chi connectivity index (χ0v) is 10.1. The van der Waals surface area contributed by atoms with E-state index >= 15 is 0 Å². The van der Waals surface area contributed by atoms with Crippen molar-refractivity contribution < 1.29 is 9.18 Å². The average molecular weight is 242 g/mol. The van der Waals surface area contributed by atoms with E-state index in [0.717, 1.165) is 6.07 Å². The number of benzene rings is 1. The number of rotatable bonds is 4. The summed E-state index contributed by atoms with van der Waals surface area (Å²) < 4.78 is 13.1. The van der Waals surface area contributed by atoms with Crippen LogP contribution in [0.15, 0.2) is 18.2 Å². The van der Waals surface area contributed by atoms with Crippen LogP contribution in [0.3, 0.4) is 0 Å². The van der Waals surface area contributed by atoms with Gasteiger partial charge in [0.2, 0.25) is 0 Å². The lowest BCUT2D eigenvalue weighted by Gasteiger charge is -2.10. The molecule has 0 saturated carbocycles. The van der Waals surface area contributed by atoms with Crippen LogP contribution in [0.25, 0.3) is 0 Å². The highest BCUT2D eigenvalue weighted by atomic mass is 32.2. The molecule has 0 radical (unpaired) electrons. The second-order valence-electron chi connectivity index (χ2n) is 3.49. The molecule has 88 valence electrons. The van der Waals surface area contributed by atoms with Crippen LogP contribution in [-0.4, -0.2) is 24.0 Å². The van der Waals surface area contributed by atoms with E-state index in [1.807, 2.05) is 13.2 Å². The van der Waals surface area contributed by atoms with Crippen molar-refractivity contribution in [3.8, 4) is 0 Å². The third kappa shape index (κ3) is 3.41. The molecule has 1 aromatic rings. The van der Waals surface area contributed by atoms with Crippen LogP contribution in [0.1, 0.15) is 17.3 Å². The lowest BCUT2D eigenvalue weighted by Crippen LogP contribution is -2.29. The number of thioether (sulfide) groups is 1. The normalized spacial score (nSPS) is 12.2. The molecule has 3 N–H and O–H groups in total. The molecule has 0 aliphatic carbocycles. The Morgan fingerprint density at radius 2 is 2.31 bits per heavy atom. The van der Waals surface area contributed by atoms with Crippen molar-refractivity contribution in [2.24, 2.45) is 0 Å². The molecule has 0 saturated heterocycles. The molecule has 1 unspecified atom stereocenters. The maximum Gasteiger partial charge on any atom is 0.251 e. The fraction of sp³-hybridized carbons (Fsp3) is 0.364.